The third-order valence-corrected chi connectivity index (χ3v) is 5.07. The number of aliphatic hydroxyl groups excluding tert-OH is 1. The van der Waals surface area contributed by atoms with E-state index in [0.717, 1.165) is 25.5 Å². The van der Waals surface area contributed by atoms with Crippen LogP contribution in [0.15, 0.2) is 12.1 Å². The van der Waals surface area contributed by atoms with Crippen LogP contribution in [-0.2, 0) is 0 Å². The maximum absolute atomic E-state index is 10.1. The zero-order valence-corrected chi connectivity index (χ0v) is 14.8. The third-order valence-electron chi connectivity index (χ3n) is 3.42. The molecule has 0 radical (unpaired) electrons. The van der Waals surface area contributed by atoms with Gasteiger partial charge in [-0.15, -0.1) is 12.4 Å². The van der Waals surface area contributed by atoms with Crippen molar-refractivity contribution in [2.24, 2.45) is 11.7 Å². The highest BCUT2D eigenvalue weighted by molar-refractivity contribution is 14.1. The summed E-state index contributed by atoms with van der Waals surface area (Å²) < 4.78 is 1.56. The molecule has 0 spiro atoms. The van der Waals surface area contributed by atoms with E-state index >= 15 is 0 Å². The largest absolute Gasteiger partial charge is 0.506 e. The number of aliphatic hydroxyl groups is 1. The minimum Gasteiger partial charge on any atom is -0.506 e. The minimum absolute atomic E-state index is 0. The van der Waals surface area contributed by atoms with Gasteiger partial charge in [-0.3, -0.25) is 0 Å². The van der Waals surface area contributed by atoms with Gasteiger partial charge in [-0.25, -0.2) is 0 Å². The summed E-state index contributed by atoms with van der Waals surface area (Å²) in [5.74, 6) is 0.634. The first kappa shape index (κ1) is 16.7. The Balaban J connectivity index is 0.00000162. The average Bonchev–Trinajstić information content (AvgIpc) is 2.21. The van der Waals surface area contributed by atoms with E-state index in [1.54, 1.807) is 0 Å². The summed E-state index contributed by atoms with van der Waals surface area (Å²) in [6.07, 6.45) is 2.86. The number of aromatic hydroxyl groups is 1. The van der Waals surface area contributed by atoms with Gasteiger partial charge >= 0.3 is 0 Å². The van der Waals surface area contributed by atoms with E-state index in [4.69, 9.17) is 5.73 Å². The monoisotopic (exact) mass is 495 g/mol. The first-order valence-corrected chi connectivity index (χ1v) is 7.78. The third kappa shape index (κ3) is 3.41. The Morgan fingerprint density at radius 3 is 2.11 bits per heavy atom. The Morgan fingerprint density at radius 1 is 1.22 bits per heavy atom. The van der Waals surface area contributed by atoms with E-state index in [2.05, 4.69) is 45.2 Å². The SMILES string of the molecule is Cl.N[C@@H](c1cc(I)c(O)c(I)c1)[C@H](O)C1CCC1. The lowest BCUT2D eigenvalue weighted by molar-refractivity contribution is 0.0413. The maximum atomic E-state index is 10.1. The molecule has 0 saturated heterocycles. The summed E-state index contributed by atoms with van der Waals surface area (Å²) in [6.45, 7) is 0. The standard InChI is InChI=1S/C12H15I2NO2.ClH/c13-8-4-7(5-9(14)12(8)17)10(15)11(16)6-2-1-3-6;/h4-6,10-11,16-17H,1-3,15H2;1H/t10-,11+;/m0./s1. The molecule has 102 valence electrons. The average molecular weight is 496 g/mol. The molecule has 1 aromatic carbocycles. The molecule has 1 aliphatic carbocycles. The number of hydrogen-bond acceptors (Lipinski definition) is 3. The van der Waals surface area contributed by atoms with Crippen LogP contribution in [0.1, 0.15) is 30.9 Å². The van der Waals surface area contributed by atoms with E-state index in [-0.39, 0.29) is 18.4 Å². The fraction of sp³-hybridized carbons (Fsp3) is 0.500. The van der Waals surface area contributed by atoms with Crippen LogP contribution in [0.3, 0.4) is 0 Å². The molecule has 0 aromatic heterocycles. The van der Waals surface area contributed by atoms with Gasteiger partial charge in [-0.1, -0.05) is 6.42 Å². The molecule has 1 aliphatic rings. The van der Waals surface area contributed by atoms with Crippen LogP contribution in [-0.4, -0.2) is 16.3 Å². The van der Waals surface area contributed by atoms with E-state index in [1.165, 1.54) is 6.42 Å². The van der Waals surface area contributed by atoms with Gasteiger partial charge < -0.3 is 15.9 Å². The van der Waals surface area contributed by atoms with Crippen molar-refractivity contribution in [1.29, 1.82) is 0 Å². The Morgan fingerprint density at radius 2 is 1.72 bits per heavy atom. The summed E-state index contributed by atoms with van der Waals surface area (Å²) >= 11 is 4.16. The minimum atomic E-state index is -0.472. The Kier molecular flexibility index (Phi) is 6.43. The highest BCUT2D eigenvalue weighted by Crippen LogP contribution is 2.36. The summed E-state index contributed by atoms with van der Waals surface area (Å²) in [5.41, 5.74) is 7.00. The zero-order valence-electron chi connectivity index (χ0n) is 9.64. The Hall–Kier alpha value is 0.690. The van der Waals surface area contributed by atoms with Crippen LogP contribution in [0, 0.1) is 13.1 Å². The van der Waals surface area contributed by atoms with Gasteiger partial charge in [0.2, 0.25) is 0 Å². The molecule has 0 bridgehead atoms. The highest BCUT2D eigenvalue weighted by atomic mass is 127. The molecule has 4 N–H and O–H groups in total. The van der Waals surface area contributed by atoms with Crippen molar-refractivity contribution in [3.8, 4) is 5.75 Å². The number of phenolic OH excluding ortho intramolecular Hbond substituents is 1. The van der Waals surface area contributed by atoms with E-state index in [9.17, 15) is 10.2 Å². The maximum Gasteiger partial charge on any atom is 0.142 e. The zero-order chi connectivity index (χ0) is 12.6. The number of benzene rings is 1. The molecule has 3 nitrogen and oxygen atoms in total. The van der Waals surface area contributed by atoms with Crippen molar-refractivity contribution < 1.29 is 10.2 Å². The second-order valence-corrected chi connectivity index (χ2v) is 6.86. The van der Waals surface area contributed by atoms with Gasteiger partial charge in [0, 0.05) is 0 Å². The van der Waals surface area contributed by atoms with Gasteiger partial charge in [-0.05, 0) is 81.6 Å². The van der Waals surface area contributed by atoms with Gasteiger partial charge in [0.25, 0.3) is 0 Å². The van der Waals surface area contributed by atoms with Crippen LogP contribution in [0.2, 0.25) is 0 Å². The molecule has 0 heterocycles. The number of halogens is 3. The van der Waals surface area contributed by atoms with Crippen molar-refractivity contribution in [3.63, 3.8) is 0 Å². The van der Waals surface area contributed by atoms with Crippen molar-refractivity contribution in [1.82, 2.24) is 0 Å². The van der Waals surface area contributed by atoms with Crippen molar-refractivity contribution in [2.75, 3.05) is 0 Å². The van der Waals surface area contributed by atoms with E-state index in [1.807, 2.05) is 12.1 Å². The first-order chi connectivity index (χ1) is 8.00. The van der Waals surface area contributed by atoms with Crippen LogP contribution >= 0.6 is 57.6 Å². The normalized spacial score (nSPS) is 18.7. The summed E-state index contributed by atoms with van der Waals surface area (Å²) in [7, 11) is 0. The van der Waals surface area contributed by atoms with Crippen LogP contribution in [0.5, 0.6) is 5.75 Å². The molecule has 1 aromatic rings. The quantitative estimate of drug-likeness (QED) is 0.565. The second kappa shape index (κ2) is 6.92. The van der Waals surface area contributed by atoms with E-state index < -0.39 is 6.10 Å². The number of rotatable bonds is 3. The van der Waals surface area contributed by atoms with Crippen LogP contribution in [0.4, 0.5) is 0 Å². The van der Waals surface area contributed by atoms with Gasteiger partial charge in [0.1, 0.15) is 5.75 Å². The topological polar surface area (TPSA) is 66.5 Å². The highest BCUT2D eigenvalue weighted by Gasteiger charge is 2.31. The summed E-state index contributed by atoms with van der Waals surface area (Å²) in [5, 5.41) is 19.8. The molecule has 18 heavy (non-hydrogen) atoms. The van der Waals surface area contributed by atoms with Gasteiger partial charge in [-0.2, -0.15) is 0 Å². The summed E-state index contributed by atoms with van der Waals surface area (Å²) in [6, 6.07) is 3.35. The molecule has 1 saturated carbocycles. The molecule has 2 atom stereocenters. The molecule has 2 rings (SSSR count). The van der Waals surface area contributed by atoms with Crippen LogP contribution < -0.4 is 5.73 Å². The lowest BCUT2D eigenvalue weighted by atomic mass is 9.77. The van der Waals surface area contributed by atoms with Gasteiger partial charge in [0.05, 0.1) is 19.3 Å². The first-order valence-electron chi connectivity index (χ1n) is 5.62. The number of phenols is 1. The molecule has 0 aliphatic heterocycles. The number of nitrogens with two attached hydrogens (primary N) is 1. The second-order valence-electron chi connectivity index (χ2n) is 4.54. The number of hydrogen-bond donors (Lipinski definition) is 3. The predicted molar refractivity (Wildman–Crippen MR) is 91.1 cm³/mol. The Labute approximate surface area is 140 Å². The molecule has 0 unspecified atom stereocenters. The molecule has 6 heteroatoms. The van der Waals surface area contributed by atoms with Crippen molar-refractivity contribution in [2.45, 2.75) is 31.4 Å². The van der Waals surface area contributed by atoms with Gasteiger partial charge in [0.15, 0.2) is 0 Å². The fourth-order valence-corrected chi connectivity index (χ4v) is 3.87. The molecule has 1 fully saturated rings. The predicted octanol–water partition coefficient (Wildman–Crippen LogP) is 3.18. The van der Waals surface area contributed by atoms with Crippen molar-refractivity contribution in [3.05, 3.63) is 24.8 Å². The lowest BCUT2D eigenvalue weighted by Crippen LogP contribution is -2.36. The summed E-state index contributed by atoms with van der Waals surface area (Å²) in [4.78, 5) is 0. The van der Waals surface area contributed by atoms with Crippen LogP contribution in [0.25, 0.3) is 0 Å². The Bertz CT molecular complexity index is 404. The fourth-order valence-electron chi connectivity index (χ4n) is 2.05. The molecule has 0 amide bonds. The van der Waals surface area contributed by atoms with E-state index in [0.29, 0.717) is 11.7 Å². The smallest absolute Gasteiger partial charge is 0.142 e. The lowest BCUT2D eigenvalue weighted by Gasteiger charge is -2.34. The van der Waals surface area contributed by atoms with Crippen molar-refractivity contribution >= 4 is 57.6 Å². The molecular formula is C12H16ClI2NO2. The molecular weight excluding hydrogens is 479 g/mol.